The van der Waals surface area contributed by atoms with Crippen LogP contribution in [0.5, 0.6) is 0 Å². The molecular formula is C21H25N3O3Si. The quantitative estimate of drug-likeness (QED) is 0.391. The fourth-order valence-corrected chi connectivity index (χ4v) is 3.68. The van der Waals surface area contributed by atoms with E-state index < -0.39 is 13.2 Å². The Morgan fingerprint density at radius 1 is 1.11 bits per heavy atom. The number of hydrogen-bond acceptors (Lipinski definition) is 5. The first-order valence-corrected chi connectivity index (χ1v) is 12.1. The molecule has 2 aromatic rings. The van der Waals surface area contributed by atoms with Crippen LogP contribution in [0.2, 0.25) is 18.1 Å². The van der Waals surface area contributed by atoms with Crippen molar-refractivity contribution in [3.8, 4) is 0 Å². The van der Waals surface area contributed by atoms with Gasteiger partial charge in [-0.15, -0.1) is 0 Å². The first kappa shape index (κ1) is 19.9. The molecule has 0 aromatic heterocycles. The Kier molecular flexibility index (Phi) is 5.21. The van der Waals surface area contributed by atoms with E-state index in [2.05, 4.69) is 33.9 Å². The molecule has 1 aliphatic heterocycles. The summed E-state index contributed by atoms with van der Waals surface area (Å²) in [7, 11) is -2.07. The number of benzene rings is 2. The lowest BCUT2D eigenvalue weighted by Crippen LogP contribution is -2.43. The highest BCUT2D eigenvalue weighted by molar-refractivity contribution is 6.75. The highest BCUT2D eigenvalue weighted by Crippen LogP contribution is 2.37. The average molecular weight is 396 g/mol. The van der Waals surface area contributed by atoms with Gasteiger partial charge in [0.05, 0.1) is 16.3 Å². The third-order valence-electron chi connectivity index (χ3n) is 5.29. The lowest BCUT2D eigenvalue weighted by molar-refractivity contribution is -0.384. The molecule has 146 valence electrons. The van der Waals surface area contributed by atoms with Crippen LogP contribution in [-0.2, 0) is 4.43 Å². The maximum absolute atomic E-state index is 11.3. The molecule has 0 amide bonds. The SMILES string of the molecule is CC(C)(C)[Si](C)(C)OC1=Nc2ccc([N+](=O)[O-])cc2C(c2ccccc2)=NC1. The Hall–Kier alpha value is -2.80. The zero-order chi connectivity index (χ0) is 20.5. The highest BCUT2D eigenvalue weighted by Gasteiger charge is 2.40. The third-order valence-corrected chi connectivity index (χ3v) is 9.65. The molecule has 2 aromatic carbocycles. The van der Waals surface area contributed by atoms with E-state index in [4.69, 9.17) is 14.4 Å². The molecule has 0 radical (unpaired) electrons. The number of nitro benzene ring substituents is 1. The fourth-order valence-electron chi connectivity index (χ4n) is 2.67. The number of nitrogens with zero attached hydrogens (tertiary/aromatic N) is 3. The summed E-state index contributed by atoms with van der Waals surface area (Å²) < 4.78 is 6.39. The standard InChI is InChI=1S/C21H25N3O3Si/c1-21(2,3)28(4,5)27-19-14-22-20(15-9-7-6-8-10-15)17-13-16(24(25)26)11-12-18(17)23-19/h6-13H,14H2,1-5H3. The van der Waals surface area contributed by atoms with E-state index in [9.17, 15) is 10.1 Å². The molecule has 0 atom stereocenters. The van der Waals surface area contributed by atoms with Crippen LogP contribution in [0.3, 0.4) is 0 Å². The monoisotopic (exact) mass is 395 g/mol. The molecule has 1 aliphatic rings. The predicted molar refractivity (Wildman–Crippen MR) is 115 cm³/mol. The van der Waals surface area contributed by atoms with Gasteiger partial charge >= 0.3 is 0 Å². The molecule has 0 unspecified atom stereocenters. The summed E-state index contributed by atoms with van der Waals surface area (Å²) in [5.74, 6) is 0.563. The Morgan fingerprint density at radius 3 is 2.39 bits per heavy atom. The zero-order valence-corrected chi connectivity index (χ0v) is 17.9. The van der Waals surface area contributed by atoms with Crippen molar-refractivity contribution in [1.82, 2.24) is 0 Å². The summed E-state index contributed by atoms with van der Waals surface area (Å²) >= 11 is 0. The van der Waals surface area contributed by atoms with Crippen molar-refractivity contribution in [2.45, 2.75) is 38.9 Å². The molecule has 0 N–H and O–H groups in total. The van der Waals surface area contributed by atoms with E-state index in [1.54, 1.807) is 12.1 Å². The second-order valence-electron chi connectivity index (χ2n) is 8.36. The Bertz CT molecular complexity index is 961. The second-order valence-corrected chi connectivity index (χ2v) is 13.1. The van der Waals surface area contributed by atoms with Crippen molar-refractivity contribution >= 4 is 31.3 Å². The molecule has 28 heavy (non-hydrogen) atoms. The van der Waals surface area contributed by atoms with Crippen LogP contribution < -0.4 is 0 Å². The molecule has 0 fully saturated rings. The molecule has 7 heteroatoms. The first-order chi connectivity index (χ1) is 13.1. The topological polar surface area (TPSA) is 77.1 Å². The molecule has 6 nitrogen and oxygen atoms in total. The summed E-state index contributed by atoms with van der Waals surface area (Å²) in [5.41, 5.74) is 2.89. The van der Waals surface area contributed by atoms with E-state index in [1.807, 2.05) is 30.3 Å². The number of non-ortho nitro benzene ring substituents is 1. The third kappa shape index (κ3) is 4.04. The lowest BCUT2D eigenvalue weighted by atomic mass is 10.00. The molecule has 1 heterocycles. The highest BCUT2D eigenvalue weighted by atomic mass is 28.4. The summed E-state index contributed by atoms with van der Waals surface area (Å²) in [6.07, 6.45) is 0. The Labute approximate surface area is 166 Å². The van der Waals surface area contributed by atoms with Gasteiger partial charge in [-0.25, -0.2) is 4.99 Å². The van der Waals surface area contributed by atoms with Gasteiger partial charge in [0.1, 0.15) is 6.54 Å². The minimum Gasteiger partial charge on any atom is -0.532 e. The van der Waals surface area contributed by atoms with Crippen molar-refractivity contribution < 1.29 is 9.35 Å². The van der Waals surface area contributed by atoms with Gasteiger partial charge in [-0.3, -0.25) is 15.1 Å². The summed E-state index contributed by atoms with van der Waals surface area (Å²) in [5, 5.41) is 11.3. The van der Waals surface area contributed by atoms with Crippen LogP contribution in [0.4, 0.5) is 11.4 Å². The van der Waals surface area contributed by atoms with Crippen molar-refractivity contribution in [2.75, 3.05) is 6.54 Å². The number of hydrogen-bond donors (Lipinski definition) is 0. The predicted octanol–water partition coefficient (Wildman–Crippen LogP) is 5.50. The second kappa shape index (κ2) is 7.31. The van der Waals surface area contributed by atoms with E-state index in [-0.39, 0.29) is 10.7 Å². The Morgan fingerprint density at radius 2 is 1.79 bits per heavy atom. The van der Waals surface area contributed by atoms with Crippen LogP contribution in [0.15, 0.2) is 58.5 Å². The molecule has 0 saturated carbocycles. The van der Waals surface area contributed by atoms with E-state index in [1.165, 1.54) is 6.07 Å². The van der Waals surface area contributed by atoms with Crippen LogP contribution in [0, 0.1) is 10.1 Å². The van der Waals surface area contributed by atoms with E-state index in [0.717, 1.165) is 5.56 Å². The average Bonchev–Trinajstić information content (AvgIpc) is 2.79. The lowest BCUT2D eigenvalue weighted by Gasteiger charge is -2.36. The smallest absolute Gasteiger partial charge is 0.270 e. The maximum Gasteiger partial charge on any atom is 0.270 e. The fraction of sp³-hybridized carbons (Fsp3) is 0.333. The minimum atomic E-state index is -2.07. The molecule has 0 bridgehead atoms. The van der Waals surface area contributed by atoms with Gasteiger partial charge in [0.15, 0.2) is 5.90 Å². The van der Waals surface area contributed by atoms with Crippen LogP contribution in [0.25, 0.3) is 0 Å². The van der Waals surface area contributed by atoms with Crippen LogP contribution >= 0.6 is 0 Å². The Balaban J connectivity index is 2.10. The summed E-state index contributed by atoms with van der Waals surface area (Å²) in [6, 6.07) is 14.4. The first-order valence-electron chi connectivity index (χ1n) is 9.24. The van der Waals surface area contributed by atoms with Crippen LogP contribution in [0.1, 0.15) is 31.9 Å². The van der Waals surface area contributed by atoms with Gasteiger partial charge in [0.2, 0.25) is 0 Å². The molecule has 3 rings (SSSR count). The van der Waals surface area contributed by atoms with E-state index in [0.29, 0.717) is 29.4 Å². The van der Waals surface area contributed by atoms with E-state index >= 15 is 0 Å². The number of rotatable bonds is 3. The van der Waals surface area contributed by atoms with Gasteiger partial charge in [0, 0.05) is 23.3 Å². The summed E-state index contributed by atoms with van der Waals surface area (Å²) in [4.78, 5) is 20.3. The molecule has 0 aliphatic carbocycles. The van der Waals surface area contributed by atoms with Crippen molar-refractivity contribution in [1.29, 1.82) is 0 Å². The summed E-state index contributed by atoms with van der Waals surface area (Å²) in [6.45, 7) is 11.2. The van der Waals surface area contributed by atoms with Gasteiger partial charge in [-0.1, -0.05) is 51.1 Å². The van der Waals surface area contributed by atoms with Gasteiger partial charge < -0.3 is 4.43 Å². The maximum atomic E-state index is 11.3. The largest absolute Gasteiger partial charge is 0.532 e. The number of nitro groups is 1. The molecular weight excluding hydrogens is 370 g/mol. The minimum absolute atomic E-state index is 0.0198. The number of fused-ring (bicyclic) bond motifs is 1. The zero-order valence-electron chi connectivity index (χ0n) is 16.9. The van der Waals surface area contributed by atoms with Crippen molar-refractivity contribution in [2.24, 2.45) is 9.98 Å². The van der Waals surface area contributed by atoms with Crippen molar-refractivity contribution in [3.05, 3.63) is 69.8 Å². The van der Waals surface area contributed by atoms with Crippen LogP contribution in [-0.4, -0.2) is 31.4 Å². The number of aliphatic imine (C=N–C) groups is 2. The molecule has 0 spiro atoms. The van der Waals surface area contributed by atoms with Gasteiger partial charge in [-0.05, 0) is 24.2 Å². The normalized spacial score (nSPS) is 14.5. The molecule has 0 saturated heterocycles. The van der Waals surface area contributed by atoms with Gasteiger partial charge in [0.25, 0.3) is 14.0 Å². The van der Waals surface area contributed by atoms with Crippen molar-refractivity contribution in [3.63, 3.8) is 0 Å². The van der Waals surface area contributed by atoms with Gasteiger partial charge in [-0.2, -0.15) is 0 Å².